The molecule has 2 rings (SSSR count). The van der Waals surface area contributed by atoms with E-state index >= 15 is 0 Å². The minimum atomic E-state index is -4.78. The fraction of sp³-hybridized carbons (Fsp3) is 0.316. The monoisotopic (exact) mass is 444 g/mol. The molecule has 0 unspecified atom stereocenters. The minimum absolute atomic E-state index is 0.00928. The van der Waals surface area contributed by atoms with Crippen LogP contribution in [0.15, 0.2) is 58.4 Å². The molecule has 0 aromatic heterocycles. The van der Waals surface area contributed by atoms with Gasteiger partial charge in [0.05, 0.1) is 11.4 Å². The van der Waals surface area contributed by atoms with Gasteiger partial charge in [-0.1, -0.05) is 30.3 Å². The van der Waals surface area contributed by atoms with Gasteiger partial charge in [-0.2, -0.15) is 0 Å². The number of halogens is 3. The van der Waals surface area contributed by atoms with Crippen molar-refractivity contribution < 1.29 is 26.3 Å². The lowest BCUT2D eigenvalue weighted by molar-refractivity contribution is -0.274. The van der Waals surface area contributed by atoms with Crippen LogP contribution in [-0.2, 0) is 23.0 Å². The Morgan fingerprint density at radius 2 is 1.77 bits per heavy atom. The summed E-state index contributed by atoms with van der Waals surface area (Å²) in [4.78, 5) is 4.34. The van der Waals surface area contributed by atoms with Crippen molar-refractivity contribution in [2.45, 2.75) is 31.1 Å². The lowest BCUT2D eigenvalue weighted by atomic mass is 10.1. The Balaban J connectivity index is 1.99. The van der Waals surface area contributed by atoms with Gasteiger partial charge in [0, 0.05) is 18.7 Å². The number of primary sulfonamides is 1. The zero-order valence-corrected chi connectivity index (χ0v) is 17.1. The molecular weight excluding hydrogens is 421 g/mol. The number of rotatable bonds is 8. The van der Waals surface area contributed by atoms with Crippen molar-refractivity contribution in [1.82, 2.24) is 10.6 Å². The van der Waals surface area contributed by atoms with E-state index in [2.05, 4.69) is 20.4 Å². The summed E-state index contributed by atoms with van der Waals surface area (Å²) < 4.78 is 64.2. The van der Waals surface area contributed by atoms with E-state index in [0.717, 1.165) is 5.56 Å². The number of alkyl halides is 3. The number of sulfonamides is 1. The maximum atomic E-state index is 12.5. The molecule has 7 nitrogen and oxygen atoms in total. The third-order valence-electron chi connectivity index (χ3n) is 3.91. The number of nitrogens with zero attached hydrogens (tertiary/aromatic N) is 1. The standard InChI is InChI=1S/C19H23F3N4O3S/c1-2-24-18(25-12-11-14-7-9-16(10-8-14)30(23,27)28)26-13-15-5-3-4-6-17(15)29-19(20,21)22/h3-10H,2,11-13H2,1H3,(H2,23,27,28)(H2,24,25,26). The second-order valence-corrected chi connectivity index (χ2v) is 7.78. The summed E-state index contributed by atoms with van der Waals surface area (Å²) in [5.41, 5.74) is 1.18. The molecule has 0 spiro atoms. The van der Waals surface area contributed by atoms with E-state index in [1.807, 2.05) is 6.92 Å². The molecule has 0 saturated carbocycles. The summed E-state index contributed by atoms with van der Waals surface area (Å²) in [5.74, 6) is 0.139. The largest absolute Gasteiger partial charge is 0.573 e. The first-order valence-electron chi connectivity index (χ1n) is 9.06. The first-order chi connectivity index (χ1) is 14.1. The molecule has 0 amide bonds. The molecule has 0 aliphatic carbocycles. The highest BCUT2D eigenvalue weighted by Crippen LogP contribution is 2.26. The topological polar surface area (TPSA) is 106 Å². The summed E-state index contributed by atoms with van der Waals surface area (Å²) in [6, 6.07) is 12.0. The maximum Gasteiger partial charge on any atom is 0.573 e. The van der Waals surface area contributed by atoms with Gasteiger partial charge in [-0.25, -0.2) is 18.5 Å². The number of ether oxygens (including phenoxy) is 1. The molecule has 11 heteroatoms. The van der Waals surface area contributed by atoms with Crippen LogP contribution in [0.5, 0.6) is 5.75 Å². The number of hydrogen-bond acceptors (Lipinski definition) is 4. The highest BCUT2D eigenvalue weighted by molar-refractivity contribution is 7.89. The summed E-state index contributed by atoms with van der Waals surface area (Å²) in [6.07, 6.45) is -4.20. The number of para-hydroxylation sites is 1. The average Bonchev–Trinajstić information content (AvgIpc) is 2.65. The van der Waals surface area contributed by atoms with Gasteiger partial charge in [-0.3, -0.25) is 0 Å². The van der Waals surface area contributed by atoms with Gasteiger partial charge >= 0.3 is 6.36 Å². The predicted molar refractivity (Wildman–Crippen MR) is 107 cm³/mol. The minimum Gasteiger partial charge on any atom is -0.405 e. The zero-order valence-electron chi connectivity index (χ0n) is 16.2. The van der Waals surface area contributed by atoms with E-state index in [-0.39, 0.29) is 17.2 Å². The van der Waals surface area contributed by atoms with Crippen molar-refractivity contribution in [3.8, 4) is 5.75 Å². The zero-order chi connectivity index (χ0) is 22.2. The normalized spacial score (nSPS) is 12.5. The Bertz CT molecular complexity index is 962. The smallest absolute Gasteiger partial charge is 0.405 e. The van der Waals surface area contributed by atoms with Crippen LogP contribution in [0, 0.1) is 0 Å². The quantitative estimate of drug-likeness (QED) is 0.429. The van der Waals surface area contributed by atoms with Gasteiger partial charge < -0.3 is 15.4 Å². The van der Waals surface area contributed by atoms with Crippen LogP contribution in [0.3, 0.4) is 0 Å². The van der Waals surface area contributed by atoms with Crippen molar-refractivity contribution in [1.29, 1.82) is 0 Å². The molecule has 0 heterocycles. The summed E-state index contributed by atoms with van der Waals surface area (Å²) in [5, 5.41) is 11.2. The number of benzene rings is 2. The fourth-order valence-corrected chi connectivity index (χ4v) is 3.05. The van der Waals surface area contributed by atoms with Crippen LogP contribution < -0.4 is 20.5 Å². The summed E-state index contributed by atoms with van der Waals surface area (Å²) in [7, 11) is -3.74. The lowest BCUT2D eigenvalue weighted by Gasteiger charge is -2.14. The number of nitrogens with one attached hydrogen (secondary N) is 2. The summed E-state index contributed by atoms with van der Waals surface area (Å²) >= 11 is 0. The molecule has 0 radical (unpaired) electrons. The van der Waals surface area contributed by atoms with Crippen LogP contribution in [0.2, 0.25) is 0 Å². The summed E-state index contributed by atoms with van der Waals surface area (Å²) in [6.45, 7) is 2.89. The van der Waals surface area contributed by atoms with E-state index in [1.54, 1.807) is 18.2 Å². The molecule has 0 atom stereocenters. The van der Waals surface area contributed by atoms with Gasteiger partial charge in [-0.05, 0) is 37.1 Å². The van der Waals surface area contributed by atoms with Crippen LogP contribution in [0.4, 0.5) is 13.2 Å². The van der Waals surface area contributed by atoms with Crippen LogP contribution in [0.25, 0.3) is 0 Å². The molecule has 0 saturated heterocycles. The molecule has 0 bridgehead atoms. The van der Waals surface area contributed by atoms with E-state index in [9.17, 15) is 21.6 Å². The molecule has 0 fully saturated rings. The predicted octanol–water partition coefficient (Wildman–Crippen LogP) is 2.53. The molecule has 2 aromatic rings. The van der Waals surface area contributed by atoms with Gasteiger partial charge in [-0.15, -0.1) is 13.2 Å². The Hall–Kier alpha value is -2.79. The molecule has 0 aliphatic heterocycles. The van der Waals surface area contributed by atoms with Gasteiger partial charge in [0.2, 0.25) is 10.0 Å². The van der Waals surface area contributed by atoms with Crippen molar-refractivity contribution in [2.24, 2.45) is 10.1 Å². The van der Waals surface area contributed by atoms with E-state index in [0.29, 0.717) is 31.0 Å². The van der Waals surface area contributed by atoms with Crippen molar-refractivity contribution in [2.75, 3.05) is 13.1 Å². The molecule has 164 valence electrons. The van der Waals surface area contributed by atoms with E-state index in [1.165, 1.54) is 30.3 Å². The van der Waals surface area contributed by atoms with Crippen LogP contribution in [0.1, 0.15) is 18.1 Å². The van der Waals surface area contributed by atoms with Gasteiger partial charge in [0.25, 0.3) is 0 Å². The van der Waals surface area contributed by atoms with Crippen molar-refractivity contribution >= 4 is 16.0 Å². The highest BCUT2D eigenvalue weighted by Gasteiger charge is 2.31. The number of guanidine groups is 1. The third-order valence-corrected chi connectivity index (χ3v) is 4.84. The SMILES string of the molecule is CCNC(=NCc1ccccc1OC(F)(F)F)NCCc1ccc(S(N)(=O)=O)cc1. The van der Waals surface area contributed by atoms with E-state index in [4.69, 9.17) is 5.14 Å². The molecule has 4 N–H and O–H groups in total. The fourth-order valence-electron chi connectivity index (χ4n) is 2.54. The third kappa shape index (κ3) is 7.91. The molecule has 30 heavy (non-hydrogen) atoms. The Kier molecular flexibility index (Phi) is 8.07. The van der Waals surface area contributed by atoms with Gasteiger partial charge in [0.1, 0.15) is 5.75 Å². The van der Waals surface area contributed by atoms with Crippen LogP contribution >= 0.6 is 0 Å². The van der Waals surface area contributed by atoms with Crippen molar-refractivity contribution in [3.05, 3.63) is 59.7 Å². The first-order valence-corrected chi connectivity index (χ1v) is 10.6. The second-order valence-electron chi connectivity index (χ2n) is 6.22. The molecule has 0 aliphatic rings. The Morgan fingerprint density at radius 3 is 2.37 bits per heavy atom. The number of nitrogens with two attached hydrogens (primary N) is 1. The highest BCUT2D eigenvalue weighted by atomic mass is 32.2. The average molecular weight is 444 g/mol. The van der Waals surface area contributed by atoms with E-state index < -0.39 is 16.4 Å². The number of aliphatic imine (C=N–C) groups is 1. The Morgan fingerprint density at radius 1 is 1.10 bits per heavy atom. The van der Waals surface area contributed by atoms with Crippen LogP contribution in [-0.4, -0.2) is 33.8 Å². The van der Waals surface area contributed by atoms with Crippen molar-refractivity contribution in [3.63, 3.8) is 0 Å². The molecule has 2 aromatic carbocycles. The maximum absolute atomic E-state index is 12.5. The number of hydrogen-bond donors (Lipinski definition) is 3. The Labute approximate surface area is 173 Å². The first kappa shape index (κ1) is 23.5. The lowest BCUT2D eigenvalue weighted by Crippen LogP contribution is -2.38. The van der Waals surface area contributed by atoms with Gasteiger partial charge in [0.15, 0.2) is 5.96 Å². The second kappa shape index (κ2) is 10.3. The molecular formula is C19H23F3N4O3S.